The number of piperazine rings is 1. The summed E-state index contributed by atoms with van der Waals surface area (Å²) in [6, 6.07) is 9.21. The Morgan fingerprint density at radius 3 is 2.61 bits per heavy atom. The lowest BCUT2D eigenvalue weighted by Crippen LogP contribution is -2.50. The third-order valence-corrected chi connectivity index (χ3v) is 4.54. The van der Waals surface area contributed by atoms with E-state index < -0.39 is 0 Å². The van der Waals surface area contributed by atoms with Crippen molar-refractivity contribution >= 4 is 17.5 Å². The van der Waals surface area contributed by atoms with Gasteiger partial charge >= 0.3 is 0 Å². The highest BCUT2D eigenvalue weighted by atomic mass is 16.5. The SMILES string of the molecule is CCNc1cc(N2CCN(C(=O)COc3cccc(OC)c3)CC2)nc(C)n1. The van der Waals surface area contributed by atoms with Gasteiger partial charge in [0.15, 0.2) is 6.61 Å². The average Bonchev–Trinajstić information content (AvgIpc) is 2.72. The number of carbonyl (C=O) groups excluding carboxylic acids is 1. The van der Waals surface area contributed by atoms with E-state index in [-0.39, 0.29) is 12.5 Å². The zero-order valence-electron chi connectivity index (χ0n) is 16.6. The molecule has 1 N–H and O–H groups in total. The molecule has 1 amide bonds. The molecule has 2 heterocycles. The number of aryl methyl sites for hydroxylation is 1. The fourth-order valence-corrected chi connectivity index (χ4v) is 3.10. The maximum absolute atomic E-state index is 12.5. The van der Waals surface area contributed by atoms with Gasteiger partial charge in [-0.2, -0.15) is 0 Å². The Morgan fingerprint density at radius 2 is 1.89 bits per heavy atom. The number of amides is 1. The number of aromatic nitrogens is 2. The minimum absolute atomic E-state index is 0.0182. The monoisotopic (exact) mass is 385 g/mol. The lowest BCUT2D eigenvalue weighted by molar-refractivity contribution is -0.133. The summed E-state index contributed by atoms with van der Waals surface area (Å²) in [5.74, 6) is 3.76. The molecule has 2 aromatic rings. The molecule has 1 aromatic heterocycles. The van der Waals surface area contributed by atoms with Crippen LogP contribution < -0.4 is 19.7 Å². The Hall–Kier alpha value is -3.03. The van der Waals surface area contributed by atoms with E-state index in [4.69, 9.17) is 9.47 Å². The van der Waals surface area contributed by atoms with Gasteiger partial charge in [-0.25, -0.2) is 9.97 Å². The average molecular weight is 385 g/mol. The summed E-state index contributed by atoms with van der Waals surface area (Å²) in [7, 11) is 1.60. The van der Waals surface area contributed by atoms with E-state index in [1.54, 1.807) is 13.2 Å². The molecule has 0 atom stereocenters. The molecule has 0 spiro atoms. The molecule has 0 saturated carbocycles. The first-order chi connectivity index (χ1) is 13.6. The maximum Gasteiger partial charge on any atom is 0.260 e. The molecule has 0 radical (unpaired) electrons. The Bertz CT molecular complexity index is 806. The first-order valence-corrected chi connectivity index (χ1v) is 9.48. The van der Waals surface area contributed by atoms with E-state index in [1.165, 1.54) is 0 Å². The molecule has 8 heteroatoms. The van der Waals surface area contributed by atoms with Gasteiger partial charge in [0.1, 0.15) is 29.0 Å². The summed E-state index contributed by atoms with van der Waals surface area (Å²) < 4.78 is 10.8. The summed E-state index contributed by atoms with van der Waals surface area (Å²) in [4.78, 5) is 25.4. The Kier molecular flexibility index (Phi) is 6.52. The second-order valence-electron chi connectivity index (χ2n) is 6.52. The zero-order chi connectivity index (χ0) is 19.9. The number of nitrogens with one attached hydrogen (secondary N) is 1. The molecular formula is C20H27N5O3. The Morgan fingerprint density at radius 1 is 1.14 bits per heavy atom. The van der Waals surface area contributed by atoms with Crippen LogP contribution in [0.3, 0.4) is 0 Å². The van der Waals surface area contributed by atoms with Crippen LogP contribution in [-0.2, 0) is 4.79 Å². The molecule has 1 fully saturated rings. The smallest absolute Gasteiger partial charge is 0.260 e. The van der Waals surface area contributed by atoms with Gasteiger partial charge < -0.3 is 24.6 Å². The third-order valence-electron chi connectivity index (χ3n) is 4.54. The van der Waals surface area contributed by atoms with Gasteiger partial charge in [-0.3, -0.25) is 4.79 Å². The predicted molar refractivity (Wildman–Crippen MR) is 108 cm³/mol. The van der Waals surface area contributed by atoms with Gasteiger partial charge in [0.05, 0.1) is 7.11 Å². The molecule has 1 saturated heterocycles. The fourth-order valence-electron chi connectivity index (χ4n) is 3.10. The predicted octanol–water partition coefficient (Wildman–Crippen LogP) is 1.95. The summed E-state index contributed by atoms with van der Waals surface area (Å²) in [6.45, 7) is 7.49. The Balaban J connectivity index is 1.52. The van der Waals surface area contributed by atoms with Crippen molar-refractivity contribution in [2.24, 2.45) is 0 Å². The lowest BCUT2D eigenvalue weighted by atomic mass is 10.3. The summed E-state index contributed by atoms with van der Waals surface area (Å²) >= 11 is 0. The molecule has 0 bridgehead atoms. The van der Waals surface area contributed by atoms with Gasteiger partial charge in [0.25, 0.3) is 5.91 Å². The molecule has 1 aliphatic rings. The third kappa shape index (κ3) is 5.03. The number of carbonyl (C=O) groups is 1. The summed E-state index contributed by atoms with van der Waals surface area (Å²) in [6.07, 6.45) is 0. The fraction of sp³-hybridized carbons (Fsp3) is 0.450. The highest BCUT2D eigenvalue weighted by molar-refractivity contribution is 5.78. The summed E-state index contributed by atoms with van der Waals surface area (Å²) in [5.41, 5.74) is 0. The first kappa shape index (κ1) is 19.7. The van der Waals surface area contributed by atoms with Crippen molar-refractivity contribution < 1.29 is 14.3 Å². The number of nitrogens with zero attached hydrogens (tertiary/aromatic N) is 4. The molecule has 8 nitrogen and oxygen atoms in total. The molecule has 28 heavy (non-hydrogen) atoms. The van der Waals surface area contributed by atoms with Crippen LogP contribution >= 0.6 is 0 Å². The van der Waals surface area contributed by atoms with Crippen molar-refractivity contribution in [1.82, 2.24) is 14.9 Å². The number of ether oxygens (including phenoxy) is 2. The quantitative estimate of drug-likeness (QED) is 0.780. The van der Waals surface area contributed by atoms with Gasteiger partial charge in [0.2, 0.25) is 0 Å². The zero-order valence-corrected chi connectivity index (χ0v) is 16.6. The molecule has 3 rings (SSSR count). The van der Waals surface area contributed by atoms with Crippen LogP contribution in [0.2, 0.25) is 0 Å². The van der Waals surface area contributed by atoms with Crippen molar-refractivity contribution in [2.45, 2.75) is 13.8 Å². The lowest BCUT2D eigenvalue weighted by Gasteiger charge is -2.35. The van der Waals surface area contributed by atoms with E-state index in [1.807, 2.05) is 43.0 Å². The second kappa shape index (κ2) is 9.25. The van der Waals surface area contributed by atoms with Crippen LogP contribution in [-0.4, -0.2) is 67.2 Å². The number of hydrogen-bond donors (Lipinski definition) is 1. The van der Waals surface area contributed by atoms with E-state index in [9.17, 15) is 4.79 Å². The molecule has 0 unspecified atom stereocenters. The molecule has 1 aliphatic heterocycles. The number of methoxy groups -OCH3 is 1. The van der Waals surface area contributed by atoms with E-state index >= 15 is 0 Å². The number of rotatable bonds is 7. The van der Waals surface area contributed by atoms with Crippen LogP contribution in [0.1, 0.15) is 12.7 Å². The second-order valence-corrected chi connectivity index (χ2v) is 6.52. The first-order valence-electron chi connectivity index (χ1n) is 9.48. The van der Waals surface area contributed by atoms with Crippen LogP contribution in [0, 0.1) is 6.92 Å². The highest BCUT2D eigenvalue weighted by Gasteiger charge is 2.22. The minimum atomic E-state index is -0.0188. The van der Waals surface area contributed by atoms with E-state index in [0.29, 0.717) is 24.6 Å². The number of anilines is 2. The molecular weight excluding hydrogens is 358 g/mol. The van der Waals surface area contributed by atoms with Crippen LogP contribution in [0.4, 0.5) is 11.6 Å². The number of benzene rings is 1. The van der Waals surface area contributed by atoms with Crippen molar-refractivity contribution in [3.8, 4) is 11.5 Å². The molecule has 1 aromatic carbocycles. The van der Waals surface area contributed by atoms with Gasteiger partial charge in [0, 0.05) is 44.9 Å². The van der Waals surface area contributed by atoms with Crippen LogP contribution in [0.5, 0.6) is 11.5 Å². The number of hydrogen-bond acceptors (Lipinski definition) is 7. The summed E-state index contributed by atoms with van der Waals surface area (Å²) in [5, 5.41) is 3.23. The highest BCUT2D eigenvalue weighted by Crippen LogP contribution is 2.20. The maximum atomic E-state index is 12.5. The van der Waals surface area contributed by atoms with E-state index in [0.717, 1.165) is 37.1 Å². The van der Waals surface area contributed by atoms with Crippen molar-refractivity contribution in [1.29, 1.82) is 0 Å². The van der Waals surface area contributed by atoms with Gasteiger partial charge in [-0.05, 0) is 26.0 Å². The van der Waals surface area contributed by atoms with Gasteiger partial charge in [-0.15, -0.1) is 0 Å². The van der Waals surface area contributed by atoms with Crippen molar-refractivity contribution in [3.05, 3.63) is 36.2 Å². The van der Waals surface area contributed by atoms with Crippen molar-refractivity contribution in [3.63, 3.8) is 0 Å². The van der Waals surface area contributed by atoms with Crippen LogP contribution in [0.25, 0.3) is 0 Å². The minimum Gasteiger partial charge on any atom is -0.497 e. The van der Waals surface area contributed by atoms with Gasteiger partial charge in [-0.1, -0.05) is 6.07 Å². The molecule has 150 valence electrons. The van der Waals surface area contributed by atoms with Crippen molar-refractivity contribution in [2.75, 3.05) is 56.7 Å². The standard InChI is InChI=1S/C20H27N5O3/c1-4-21-18-13-19(23-15(2)22-18)24-8-10-25(11-9-24)20(26)14-28-17-7-5-6-16(12-17)27-3/h5-7,12-13H,4,8-11,14H2,1-3H3,(H,21,22,23). The topological polar surface area (TPSA) is 79.8 Å². The van der Waals surface area contributed by atoms with E-state index in [2.05, 4.69) is 20.2 Å². The Labute approximate surface area is 165 Å². The normalized spacial score (nSPS) is 14.0. The van der Waals surface area contributed by atoms with Crippen LogP contribution in [0.15, 0.2) is 30.3 Å². The molecule has 0 aliphatic carbocycles. The largest absolute Gasteiger partial charge is 0.497 e.